The van der Waals surface area contributed by atoms with Crippen molar-refractivity contribution in [3.63, 3.8) is 0 Å². The first-order valence-corrected chi connectivity index (χ1v) is 12.0. The molecule has 0 aliphatic rings. The lowest BCUT2D eigenvalue weighted by Gasteiger charge is -2.04. The highest BCUT2D eigenvalue weighted by Crippen LogP contribution is 2.11. The number of ether oxygens (including phenoxy) is 1. The molecule has 0 saturated carbocycles. The number of imidazole rings is 1. The molecule has 0 saturated heterocycles. The summed E-state index contributed by atoms with van der Waals surface area (Å²) in [6.07, 6.45) is 6.24. The van der Waals surface area contributed by atoms with Crippen molar-refractivity contribution in [1.82, 2.24) is 19.5 Å². The fraction of sp³-hybridized carbons (Fsp3) is 0.310. The molecule has 14 heteroatoms. The third-order valence-electron chi connectivity index (χ3n) is 4.42. The average Bonchev–Trinajstić information content (AvgIpc) is 3.32. The summed E-state index contributed by atoms with van der Waals surface area (Å²) in [5, 5.41) is 33.0. The Kier molecular flexibility index (Phi) is 28.5. The van der Waals surface area contributed by atoms with Gasteiger partial charge in [-0.2, -0.15) is 15.8 Å². The molecule has 0 spiro atoms. The summed E-state index contributed by atoms with van der Waals surface area (Å²) in [5.74, 6) is 0.392. The number of hydrogen-bond donors (Lipinski definition) is 4. The quantitative estimate of drug-likeness (QED) is 0.0784. The number of allylic oxidation sites excluding steroid dienone is 2. The van der Waals surface area contributed by atoms with Gasteiger partial charge in [0, 0.05) is 36.9 Å². The fourth-order valence-corrected chi connectivity index (χ4v) is 2.39. The van der Waals surface area contributed by atoms with Crippen molar-refractivity contribution in [2.24, 2.45) is 16.5 Å². The van der Waals surface area contributed by atoms with Gasteiger partial charge in [-0.1, -0.05) is 19.6 Å². The van der Waals surface area contributed by atoms with Gasteiger partial charge in [0.05, 0.1) is 19.5 Å². The highest BCUT2D eigenvalue weighted by Gasteiger charge is 2.06. The van der Waals surface area contributed by atoms with Gasteiger partial charge in [-0.05, 0) is 51.0 Å². The first-order chi connectivity index (χ1) is 19.2. The van der Waals surface area contributed by atoms with E-state index in [9.17, 15) is 0 Å². The number of aliphatic hydroxyl groups excluding tert-OH is 1. The molecule has 3 aromatic heterocycles. The van der Waals surface area contributed by atoms with E-state index in [0.29, 0.717) is 25.5 Å². The van der Waals surface area contributed by atoms with Crippen LogP contribution in [0.1, 0.15) is 50.9 Å². The summed E-state index contributed by atoms with van der Waals surface area (Å²) >= 11 is 0. The van der Waals surface area contributed by atoms with Gasteiger partial charge in [-0.25, -0.2) is 9.98 Å². The van der Waals surface area contributed by atoms with Crippen LogP contribution in [-0.2, 0) is 31.3 Å². The third-order valence-corrected chi connectivity index (χ3v) is 4.42. The molecule has 236 valence electrons. The van der Waals surface area contributed by atoms with Gasteiger partial charge in [0.25, 0.3) is 0 Å². The number of nitrogens with zero attached hydrogens (tertiary/aromatic N) is 8. The number of hydrogen-bond acceptors (Lipinski definition) is 13. The first kappa shape index (κ1) is 45.1. The van der Waals surface area contributed by atoms with E-state index in [1.165, 1.54) is 0 Å². The molecule has 3 heterocycles. The van der Waals surface area contributed by atoms with E-state index in [1.54, 1.807) is 49.3 Å². The number of aliphatic imine (C=N–C) groups is 1. The Morgan fingerprint density at radius 1 is 1.05 bits per heavy atom. The molecule has 0 bridgehead atoms. The predicted molar refractivity (Wildman–Crippen MR) is 175 cm³/mol. The van der Waals surface area contributed by atoms with Crippen molar-refractivity contribution in [2.75, 3.05) is 18.9 Å². The number of nitriles is 3. The lowest BCUT2D eigenvalue weighted by molar-refractivity contribution is 0.318. The molecule has 0 aromatic carbocycles. The molecule has 7 N–H and O–H groups in total. The van der Waals surface area contributed by atoms with E-state index in [1.807, 2.05) is 44.2 Å². The summed E-state index contributed by atoms with van der Waals surface area (Å²) in [6, 6.07) is 13.1. The van der Waals surface area contributed by atoms with E-state index < -0.39 is 0 Å². The van der Waals surface area contributed by atoms with Crippen LogP contribution >= 0.6 is 0 Å². The van der Waals surface area contributed by atoms with Crippen LogP contribution < -0.4 is 17.2 Å². The Morgan fingerprint density at radius 3 is 1.95 bits per heavy atom. The number of aliphatic hydroxyl groups is 1. The molecule has 13 nitrogen and oxygen atoms in total. The number of nitrogen functional groups attached to an aromatic ring is 1. The maximum absolute atomic E-state index is 8.72. The molecule has 0 atom stereocenters. The number of anilines is 1. The fourth-order valence-electron chi connectivity index (χ4n) is 2.39. The van der Waals surface area contributed by atoms with Crippen molar-refractivity contribution < 1.29 is 11.3 Å². The number of pyridine rings is 2. The molecule has 3 aromatic rings. The summed E-state index contributed by atoms with van der Waals surface area (Å²) in [6.45, 7) is 9.20. The van der Waals surface area contributed by atoms with Crippen LogP contribution in [-0.4, -0.2) is 44.2 Å². The van der Waals surface area contributed by atoms with Crippen LogP contribution in [0.15, 0.2) is 59.4 Å². The maximum atomic E-state index is 8.72. The van der Waals surface area contributed by atoms with Gasteiger partial charge in [0.15, 0.2) is 17.8 Å². The highest BCUT2D eigenvalue weighted by molar-refractivity contribution is 7.37. The summed E-state index contributed by atoms with van der Waals surface area (Å²) in [7, 11) is 0. The molecule has 0 fully saturated rings. The zero-order chi connectivity index (χ0) is 30.3. The van der Waals surface area contributed by atoms with E-state index in [4.69, 9.17) is 42.8 Å². The van der Waals surface area contributed by atoms with Gasteiger partial charge in [-0.3, -0.25) is 9.97 Å². The second-order valence-electron chi connectivity index (χ2n) is 7.53. The summed E-state index contributed by atoms with van der Waals surface area (Å²) in [4.78, 5) is 15.7. The van der Waals surface area contributed by atoms with Crippen LogP contribution in [0.25, 0.3) is 0 Å². The highest BCUT2D eigenvalue weighted by atomic mass is 32.1. The second kappa shape index (κ2) is 27.2. The lowest BCUT2D eigenvalue weighted by Crippen LogP contribution is -2.04. The SMILES string of the molecule is C.CCO.CCOC=N/C(C#N)=C(\N)C#N.Cc1ccc(CN)cn1.Cc1ccc(Cn2cnc(C#N)c2N)cn1.[3H-].[CH3-].[SH-]. The molecule has 43 heavy (non-hydrogen) atoms. The first-order valence-electron chi connectivity index (χ1n) is 12.0. The molecular formula is C29H44N11O2S-3. The number of rotatable bonds is 6. The standard InChI is InChI=1S/C11H11N5.C7H8N4O.C7H10N2.C2H6O.CH4.CH3.H2S.H/c1-8-2-3-9(5-14-8)6-16-7-15-10(4-12)11(16)13;1-2-12-5-11-7(4-9)6(10)3-8;1-6-2-3-7(4-8)5-9-6;1-2-3;;;;/h2-3,5,7H,6,13H2,1H3;5H,2,10H2,1H3;2-3,5H,4,8H2,1H3;3H,2H2,1H3;1H4;1H3;1H2;/q;;;;;-1;;-1/p-1/b;7-6-,11-5?;;;;;;/i;;;;;;;1+2. The predicted octanol–water partition coefficient (Wildman–Crippen LogP) is 3.13. The lowest BCUT2D eigenvalue weighted by atomic mass is 10.2. The largest absolute Gasteiger partial charge is 1.00 e. The normalized spacial score (nSPS) is 9.37. The number of nitrogens with two attached hydrogens (primary N) is 3. The molecular weight excluding hydrogens is 566 g/mol. The van der Waals surface area contributed by atoms with Crippen molar-refractivity contribution in [2.45, 2.75) is 48.2 Å². The Labute approximate surface area is 263 Å². The van der Waals surface area contributed by atoms with Crippen molar-refractivity contribution >= 4 is 25.7 Å². The topological polar surface area (TPSA) is 235 Å². The maximum Gasteiger partial charge on any atom is 0.182 e. The molecule has 0 aliphatic carbocycles. The van der Waals surface area contributed by atoms with E-state index in [-0.39, 0.29) is 53.5 Å². The molecule has 0 aliphatic heterocycles. The summed E-state index contributed by atoms with van der Waals surface area (Å²) in [5.41, 5.74) is 20.3. The average molecular weight is 613 g/mol. The number of aryl methyl sites for hydroxylation is 2. The molecule has 0 unspecified atom stereocenters. The van der Waals surface area contributed by atoms with Gasteiger partial charge in [0.1, 0.15) is 29.7 Å². The zero-order valence-electron chi connectivity index (χ0n) is 25.6. The minimum absolute atomic E-state index is 0. The third kappa shape index (κ3) is 18.9. The molecule has 0 amide bonds. The van der Waals surface area contributed by atoms with E-state index in [2.05, 4.69) is 19.9 Å². The van der Waals surface area contributed by atoms with Crippen LogP contribution in [0.5, 0.6) is 0 Å². The van der Waals surface area contributed by atoms with Crippen molar-refractivity contribution in [3.8, 4) is 18.2 Å². The number of aromatic nitrogens is 4. The zero-order valence-corrected chi connectivity index (χ0v) is 25.5. The minimum atomic E-state index is -0.214. The van der Waals surface area contributed by atoms with Gasteiger partial charge < -0.3 is 54.0 Å². The summed E-state index contributed by atoms with van der Waals surface area (Å²) < 4.78 is 6.45. The van der Waals surface area contributed by atoms with Crippen LogP contribution in [0, 0.1) is 55.3 Å². The van der Waals surface area contributed by atoms with E-state index in [0.717, 1.165) is 28.9 Å². The Bertz CT molecular complexity index is 1340. The Balaban J connectivity index is -0.000000163. The van der Waals surface area contributed by atoms with Crippen LogP contribution in [0.3, 0.4) is 0 Å². The van der Waals surface area contributed by atoms with E-state index >= 15 is 0 Å². The minimum Gasteiger partial charge on any atom is -1.00 e. The monoisotopic (exact) mass is 612 g/mol. The van der Waals surface area contributed by atoms with Gasteiger partial charge in [0.2, 0.25) is 0 Å². The van der Waals surface area contributed by atoms with Crippen molar-refractivity contribution in [3.05, 3.63) is 90.0 Å². The van der Waals surface area contributed by atoms with Crippen LogP contribution in [0.2, 0.25) is 0 Å². The molecule has 3 rings (SSSR count). The Morgan fingerprint density at radius 2 is 1.58 bits per heavy atom. The molecule has 0 radical (unpaired) electrons. The number of thiol groups is 1. The smallest absolute Gasteiger partial charge is 0.182 e. The Hall–Kier alpha value is -4.94. The van der Waals surface area contributed by atoms with Gasteiger partial charge >= 0.3 is 0 Å². The second-order valence-corrected chi connectivity index (χ2v) is 7.53. The van der Waals surface area contributed by atoms with Crippen molar-refractivity contribution in [1.29, 1.82) is 15.8 Å². The van der Waals surface area contributed by atoms with Gasteiger partial charge in [-0.15, -0.1) is 0 Å². The van der Waals surface area contributed by atoms with Crippen LogP contribution in [0.4, 0.5) is 5.82 Å².